The number of hydrogen-bond donors (Lipinski definition) is 0. The van der Waals surface area contributed by atoms with Crippen molar-refractivity contribution in [2.75, 3.05) is 4.90 Å². The Labute approximate surface area is 337 Å². The van der Waals surface area contributed by atoms with Crippen LogP contribution in [0.3, 0.4) is 0 Å². The van der Waals surface area contributed by atoms with Crippen molar-refractivity contribution in [3.63, 3.8) is 0 Å². The molecular formula is C56H37NO. The van der Waals surface area contributed by atoms with Gasteiger partial charge in [-0.2, -0.15) is 0 Å². The summed E-state index contributed by atoms with van der Waals surface area (Å²) >= 11 is 0. The van der Waals surface area contributed by atoms with Gasteiger partial charge in [0, 0.05) is 33.6 Å². The molecule has 2 nitrogen and oxygen atoms in total. The Morgan fingerprint density at radius 2 is 0.879 bits per heavy atom. The van der Waals surface area contributed by atoms with E-state index in [0.29, 0.717) is 0 Å². The Morgan fingerprint density at radius 1 is 0.293 bits per heavy atom. The summed E-state index contributed by atoms with van der Waals surface area (Å²) < 4.78 is 6.69. The molecule has 2 heteroatoms. The van der Waals surface area contributed by atoms with E-state index in [2.05, 4.69) is 223 Å². The smallest absolute Gasteiger partial charge is 0.143 e. The van der Waals surface area contributed by atoms with Crippen molar-refractivity contribution in [3.8, 4) is 44.7 Å². The van der Waals surface area contributed by atoms with Gasteiger partial charge in [0.1, 0.15) is 11.3 Å². The van der Waals surface area contributed by atoms with Gasteiger partial charge < -0.3 is 9.32 Å². The van der Waals surface area contributed by atoms with E-state index < -0.39 is 0 Å². The van der Waals surface area contributed by atoms with Gasteiger partial charge in [0.2, 0.25) is 0 Å². The lowest BCUT2D eigenvalue weighted by atomic mass is 9.93. The zero-order valence-corrected chi connectivity index (χ0v) is 31.7. The van der Waals surface area contributed by atoms with Crippen LogP contribution < -0.4 is 4.90 Å². The number of anilines is 3. The number of benzene rings is 10. The zero-order valence-electron chi connectivity index (χ0n) is 31.7. The van der Waals surface area contributed by atoms with E-state index in [9.17, 15) is 0 Å². The van der Waals surface area contributed by atoms with Gasteiger partial charge in [-0.05, 0) is 115 Å². The molecule has 0 atom stereocenters. The van der Waals surface area contributed by atoms with E-state index in [1.807, 2.05) is 6.07 Å². The molecule has 0 bridgehead atoms. The summed E-state index contributed by atoms with van der Waals surface area (Å²) in [5, 5.41) is 8.62. The molecule has 0 saturated heterocycles. The van der Waals surface area contributed by atoms with Gasteiger partial charge in [-0.3, -0.25) is 0 Å². The molecule has 0 aliphatic carbocycles. The molecule has 0 aliphatic rings. The molecular weight excluding hydrogens is 703 g/mol. The van der Waals surface area contributed by atoms with Crippen molar-refractivity contribution < 1.29 is 4.42 Å². The van der Waals surface area contributed by atoms with Crippen LogP contribution >= 0.6 is 0 Å². The first kappa shape index (κ1) is 33.6. The van der Waals surface area contributed by atoms with Crippen LogP contribution in [0.1, 0.15) is 0 Å². The first-order chi connectivity index (χ1) is 28.7. The summed E-state index contributed by atoms with van der Waals surface area (Å²) in [6.45, 7) is 0. The van der Waals surface area contributed by atoms with Gasteiger partial charge in [-0.25, -0.2) is 0 Å². The van der Waals surface area contributed by atoms with E-state index in [1.54, 1.807) is 0 Å². The van der Waals surface area contributed by atoms with Crippen molar-refractivity contribution in [1.29, 1.82) is 0 Å². The maximum atomic E-state index is 6.69. The third kappa shape index (κ3) is 5.91. The van der Waals surface area contributed by atoms with E-state index >= 15 is 0 Å². The highest BCUT2D eigenvalue weighted by Crippen LogP contribution is 2.44. The highest BCUT2D eigenvalue weighted by atomic mass is 16.3. The lowest BCUT2D eigenvalue weighted by Crippen LogP contribution is -2.10. The Kier molecular flexibility index (Phi) is 8.19. The lowest BCUT2D eigenvalue weighted by Gasteiger charge is -2.26. The van der Waals surface area contributed by atoms with Crippen LogP contribution in [-0.4, -0.2) is 0 Å². The van der Waals surface area contributed by atoms with Crippen LogP contribution in [0.15, 0.2) is 229 Å². The molecule has 0 amide bonds. The van der Waals surface area contributed by atoms with E-state index in [1.165, 1.54) is 54.6 Å². The van der Waals surface area contributed by atoms with Crippen LogP contribution in [0.2, 0.25) is 0 Å². The molecule has 0 fully saturated rings. The maximum absolute atomic E-state index is 6.69. The predicted molar refractivity (Wildman–Crippen MR) is 245 cm³/mol. The molecule has 272 valence electrons. The average molecular weight is 740 g/mol. The van der Waals surface area contributed by atoms with E-state index in [0.717, 1.165) is 50.5 Å². The number of furan rings is 1. The van der Waals surface area contributed by atoms with Crippen molar-refractivity contribution >= 4 is 60.3 Å². The molecule has 0 saturated carbocycles. The molecule has 58 heavy (non-hydrogen) atoms. The van der Waals surface area contributed by atoms with Crippen molar-refractivity contribution in [1.82, 2.24) is 0 Å². The van der Waals surface area contributed by atoms with Crippen LogP contribution in [0.25, 0.3) is 88.0 Å². The summed E-state index contributed by atoms with van der Waals surface area (Å²) in [7, 11) is 0. The fourth-order valence-electron chi connectivity index (χ4n) is 8.63. The first-order valence-electron chi connectivity index (χ1n) is 19.8. The van der Waals surface area contributed by atoms with Crippen LogP contribution in [0.4, 0.5) is 17.1 Å². The Morgan fingerprint density at radius 3 is 1.66 bits per heavy atom. The van der Waals surface area contributed by atoms with Gasteiger partial charge in [0.25, 0.3) is 0 Å². The summed E-state index contributed by atoms with van der Waals surface area (Å²) in [6, 6.07) is 80.6. The SMILES string of the molecule is c1ccc(-c2c(-c3cccc(N(c4ccc(-c5ccc6ccccc6c5)cc4)c4ccc(-c5cc6ccccc6c6ccccc56)cc4)c3)oc3ccccc23)cc1. The Hall–Kier alpha value is -7.68. The number of fused-ring (bicyclic) bond motifs is 5. The Bertz CT molecular complexity index is 3270. The highest BCUT2D eigenvalue weighted by Gasteiger charge is 2.20. The fourth-order valence-corrected chi connectivity index (χ4v) is 8.63. The molecule has 11 rings (SSSR count). The normalized spacial score (nSPS) is 11.4. The van der Waals surface area contributed by atoms with Crippen molar-refractivity contribution in [2.24, 2.45) is 0 Å². The van der Waals surface area contributed by atoms with Crippen LogP contribution in [0.5, 0.6) is 0 Å². The predicted octanol–water partition coefficient (Wildman–Crippen LogP) is 16.0. The number of hydrogen-bond acceptors (Lipinski definition) is 2. The quantitative estimate of drug-likeness (QED) is 0.151. The topological polar surface area (TPSA) is 16.4 Å². The first-order valence-corrected chi connectivity index (χ1v) is 19.8. The van der Waals surface area contributed by atoms with E-state index in [-0.39, 0.29) is 0 Å². The minimum atomic E-state index is 0.861. The third-order valence-corrected chi connectivity index (χ3v) is 11.4. The molecule has 0 N–H and O–H groups in total. The second kappa shape index (κ2) is 14.1. The standard InChI is InChI=1S/C56H37NO/c1-2-14-41(15-3-1)55-52-23-10-11-24-54(52)58-56(55)45-18-12-19-48(36-45)57(46-31-27-39(28-32-46)43-26-25-38-13-4-5-16-42(38)35-43)47-33-29-40(30-34-47)53-37-44-17-6-7-20-49(44)50-21-8-9-22-51(50)53/h1-37H. The molecule has 0 spiro atoms. The summed E-state index contributed by atoms with van der Waals surface area (Å²) in [6.07, 6.45) is 0. The summed E-state index contributed by atoms with van der Waals surface area (Å²) in [4.78, 5) is 2.35. The Balaban J connectivity index is 1.05. The third-order valence-electron chi connectivity index (χ3n) is 11.4. The minimum absolute atomic E-state index is 0.861. The average Bonchev–Trinajstić information content (AvgIpc) is 3.70. The molecule has 10 aromatic carbocycles. The zero-order chi connectivity index (χ0) is 38.4. The second-order valence-electron chi connectivity index (χ2n) is 14.9. The largest absolute Gasteiger partial charge is 0.455 e. The lowest BCUT2D eigenvalue weighted by molar-refractivity contribution is 0.632. The van der Waals surface area contributed by atoms with Gasteiger partial charge in [0.15, 0.2) is 0 Å². The molecule has 1 heterocycles. The highest BCUT2D eigenvalue weighted by molar-refractivity contribution is 6.14. The number of para-hydroxylation sites is 1. The molecule has 0 unspecified atom stereocenters. The summed E-state index contributed by atoms with van der Waals surface area (Å²) in [5.74, 6) is 0.861. The second-order valence-corrected chi connectivity index (χ2v) is 14.9. The van der Waals surface area contributed by atoms with Crippen molar-refractivity contribution in [2.45, 2.75) is 0 Å². The van der Waals surface area contributed by atoms with Crippen molar-refractivity contribution in [3.05, 3.63) is 224 Å². The fraction of sp³-hybridized carbons (Fsp3) is 0. The molecule has 0 aliphatic heterocycles. The maximum Gasteiger partial charge on any atom is 0.143 e. The van der Waals surface area contributed by atoms with Gasteiger partial charge >= 0.3 is 0 Å². The molecule has 11 aromatic rings. The summed E-state index contributed by atoms with van der Waals surface area (Å²) in [5.41, 5.74) is 12.1. The monoisotopic (exact) mass is 739 g/mol. The molecule has 1 aromatic heterocycles. The van der Waals surface area contributed by atoms with E-state index in [4.69, 9.17) is 4.42 Å². The number of nitrogens with zero attached hydrogens (tertiary/aromatic N) is 1. The van der Waals surface area contributed by atoms with Gasteiger partial charge in [0.05, 0.1) is 0 Å². The van der Waals surface area contributed by atoms with Crippen LogP contribution in [-0.2, 0) is 0 Å². The van der Waals surface area contributed by atoms with Gasteiger partial charge in [-0.1, -0.05) is 170 Å². The molecule has 0 radical (unpaired) electrons. The minimum Gasteiger partial charge on any atom is -0.455 e. The number of rotatable bonds is 7. The van der Waals surface area contributed by atoms with Gasteiger partial charge in [-0.15, -0.1) is 0 Å². The van der Waals surface area contributed by atoms with Crippen LogP contribution in [0, 0.1) is 0 Å².